The van der Waals surface area contributed by atoms with Crippen LogP contribution in [0.4, 0.5) is 0 Å². The Bertz CT molecular complexity index is 465. The number of hydrogen-bond acceptors (Lipinski definition) is 3. The van der Waals surface area contributed by atoms with E-state index in [-0.39, 0.29) is 0 Å². The van der Waals surface area contributed by atoms with Crippen molar-refractivity contribution in [2.75, 3.05) is 0 Å². The summed E-state index contributed by atoms with van der Waals surface area (Å²) >= 11 is 1.70. The number of imidazole rings is 1. The first-order chi connectivity index (χ1) is 7.92. The molecule has 0 aliphatic carbocycles. The Balaban J connectivity index is 2.00. The number of rotatable bonds is 5. The van der Waals surface area contributed by atoms with Crippen LogP contribution in [0.25, 0.3) is 10.7 Å². The van der Waals surface area contributed by atoms with E-state index in [1.54, 1.807) is 11.3 Å². The van der Waals surface area contributed by atoms with Crippen LogP contribution >= 0.6 is 11.3 Å². The average Bonchev–Trinajstić information content (AvgIpc) is 2.94. The number of aromatic nitrogens is 2. The SMILES string of the molecule is N#CCCCCn1ccnc1-c1cccs1. The summed E-state index contributed by atoms with van der Waals surface area (Å²) < 4.78 is 2.16. The number of thiophene rings is 1. The van der Waals surface area contributed by atoms with Crippen molar-refractivity contribution in [3.05, 3.63) is 29.9 Å². The van der Waals surface area contributed by atoms with Gasteiger partial charge in [-0.3, -0.25) is 0 Å². The molecule has 16 heavy (non-hydrogen) atoms. The molecule has 0 aliphatic heterocycles. The molecule has 3 nitrogen and oxygen atoms in total. The highest BCUT2D eigenvalue weighted by Gasteiger charge is 2.05. The molecule has 0 saturated carbocycles. The van der Waals surface area contributed by atoms with Gasteiger partial charge in [-0.25, -0.2) is 4.98 Å². The van der Waals surface area contributed by atoms with Crippen LogP contribution in [0.2, 0.25) is 0 Å². The summed E-state index contributed by atoms with van der Waals surface area (Å²) in [6.45, 7) is 0.939. The van der Waals surface area contributed by atoms with Gasteiger partial charge in [-0.15, -0.1) is 11.3 Å². The zero-order chi connectivity index (χ0) is 11.2. The highest BCUT2D eigenvalue weighted by molar-refractivity contribution is 7.13. The minimum Gasteiger partial charge on any atom is -0.330 e. The van der Waals surface area contributed by atoms with Gasteiger partial charge in [-0.2, -0.15) is 5.26 Å². The fraction of sp³-hybridized carbons (Fsp3) is 0.333. The molecule has 0 fully saturated rings. The van der Waals surface area contributed by atoms with Crippen molar-refractivity contribution in [3.63, 3.8) is 0 Å². The second kappa shape index (κ2) is 5.47. The van der Waals surface area contributed by atoms with E-state index in [4.69, 9.17) is 5.26 Å². The van der Waals surface area contributed by atoms with Crippen LogP contribution in [0.1, 0.15) is 19.3 Å². The average molecular weight is 231 g/mol. The Hall–Kier alpha value is -1.60. The van der Waals surface area contributed by atoms with Crippen LogP contribution in [0, 0.1) is 11.3 Å². The van der Waals surface area contributed by atoms with Crippen LogP contribution in [-0.2, 0) is 6.54 Å². The van der Waals surface area contributed by atoms with Crippen LogP contribution in [0.3, 0.4) is 0 Å². The molecule has 0 aromatic carbocycles. The first kappa shape index (κ1) is 10.9. The molecule has 0 radical (unpaired) electrons. The highest BCUT2D eigenvalue weighted by Crippen LogP contribution is 2.23. The largest absolute Gasteiger partial charge is 0.330 e. The molecule has 2 aromatic heterocycles. The quantitative estimate of drug-likeness (QED) is 0.741. The molecule has 0 spiro atoms. The summed E-state index contributed by atoms with van der Waals surface area (Å²) in [6.07, 6.45) is 6.46. The first-order valence-corrected chi connectivity index (χ1v) is 6.22. The maximum absolute atomic E-state index is 8.46. The second-order valence-electron chi connectivity index (χ2n) is 3.54. The molecule has 2 heterocycles. The minimum atomic E-state index is 0.642. The minimum absolute atomic E-state index is 0.642. The number of nitrogens with zero attached hydrogens (tertiary/aromatic N) is 3. The molecule has 0 N–H and O–H groups in total. The molecule has 0 unspecified atom stereocenters. The van der Waals surface area contributed by atoms with Crippen molar-refractivity contribution >= 4 is 11.3 Å². The third-order valence-corrected chi connectivity index (χ3v) is 3.26. The number of aryl methyl sites for hydroxylation is 1. The molecule has 0 saturated heterocycles. The number of nitriles is 1. The van der Waals surface area contributed by atoms with Crippen molar-refractivity contribution in [2.24, 2.45) is 0 Å². The summed E-state index contributed by atoms with van der Waals surface area (Å²) in [5, 5.41) is 10.5. The molecule has 0 atom stereocenters. The zero-order valence-corrected chi connectivity index (χ0v) is 9.78. The van der Waals surface area contributed by atoms with Gasteiger partial charge in [0.15, 0.2) is 0 Å². The predicted molar refractivity (Wildman–Crippen MR) is 65.0 cm³/mol. The van der Waals surface area contributed by atoms with Gasteiger partial charge in [-0.1, -0.05) is 6.07 Å². The van der Waals surface area contributed by atoms with E-state index < -0.39 is 0 Å². The maximum Gasteiger partial charge on any atom is 0.149 e. The highest BCUT2D eigenvalue weighted by atomic mass is 32.1. The van der Waals surface area contributed by atoms with E-state index in [2.05, 4.69) is 27.1 Å². The smallest absolute Gasteiger partial charge is 0.149 e. The lowest BCUT2D eigenvalue weighted by Gasteiger charge is -2.04. The van der Waals surface area contributed by atoms with E-state index in [0.29, 0.717) is 6.42 Å². The molecule has 2 aromatic rings. The molecular formula is C12H13N3S. The topological polar surface area (TPSA) is 41.6 Å². The van der Waals surface area contributed by atoms with E-state index >= 15 is 0 Å². The maximum atomic E-state index is 8.46. The van der Waals surface area contributed by atoms with Gasteiger partial charge in [0.1, 0.15) is 5.82 Å². The van der Waals surface area contributed by atoms with Crippen LogP contribution < -0.4 is 0 Å². The van der Waals surface area contributed by atoms with Crippen molar-refractivity contribution < 1.29 is 0 Å². The van der Waals surface area contributed by atoms with Crippen molar-refractivity contribution in [2.45, 2.75) is 25.8 Å². The Morgan fingerprint density at radius 3 is 3.12 bits per heavy atom. The van der Waals surface area contributed by atoms with Gasteiger partial charge in [0.2, 0.25) is 0 Å². The summed E-state index contributed by atoms with van der Waals surface area (Å²) in [5.41, 5.74) is 0. The number of hydrogen-bond donors (Lipinski definition) is 0. The molecule has 4 heteroatoms. The third-order valence-electron chi connectivity index (χ3n) is 2.39. The normalized spacial score (nSPS) is 10.2. The molecule has 0 amide bonds. The van der Waals surface area contributed by atoms with E-state index in [9.17, 15) is 0 Å². The first-order valence-electron chi connectivity index (χ1n) is 5.34. The summed E-state index contributed by atoms with van der Waals surface area (Å²) in [4.78, 5) is 5.57. The van der Waals surface area contributed by atoms with Gasteiger partial charge < -0.3 is 4.57 Å². The summed E-state index contributed by atoms with van der Waals surface area (Å²) in [5.74, 6) is 1.03. The van der Waals surface area contributed by atoms with Crippen molar-refractivity contribution in [1.29, 1.82) is 5.26 Å². The lowest BCUT2D eigenvalue weighted by Crippen LogP contribution is -1.98. The second-order valence-corrected chi connectivity index (χ2v) is 4.48. The zero-order valence-electron chi connectivity index (χ0n) is 8.97. The van der Waals surface area contributed by atoms with Crippen molar-refractivity contribution in [1.82, 2.24) is 9.55 Å². The van der Waals surface area contributed by atoms with E-state index in [1.807, 2.05) is 18.5 Å². The van der Waals surface area contributed by atoms with Crippen LogP contribution in [0.5, 0.6) is 0 Å². The molecule has 82 valence electrons. The Labute approximate surface area is 99.0 Å². The van der Waals surface area contributed by atoms with Crippen LogP contribution in [0.15, 0.2) is 29.9 Å². The fourth-order valence-electron chi connectivity index (χ4n) is 1.61. The number of unbranched alkanes of at least 4 members (excludes halogenated alkanes) is 2. The standard InChI is InChI=1S/C12H13N3S/c13-6-2-1-3-8-15-9-7-14-12(15)11-5-4-10-16-11/h4-5,7,9-10H,1-3,8H2. The summed E-state index contributed by atoms with van der Waals surface area (Å²) in [7, 11) is 0. The van der Waals surface area contributed by atoms with Gasteiger partial charge in [-0.05, 0) is 24.3 Å². The predicted octanol–water partition coefficient (Wildman–Crippen LogP) is 3.31. The lowest BCUT2D eigenvalue weighted by atomic mass is 10.2. The van der Waals surface area contributed by atoms with E-state index in [1.165, 1.54) is 4.88 Å². The summed E-state index contributed by atoms with van der Waals surface area (Å²) in [6, 6.07) is 6.29. The van der Waals surface area contributed by atoms with Gasteiger partial charge in [0.05, 0.1) is 10.9 Å². The van der Waals surface area contributed by atoms with Crippen molar-refractivity contribution in [3.8, 4) is 16.8 Å². The van der Waals surface area contributed by atoms with Crippen LogP contribution in [-0.4, -0.2) is 9.55 Å². The lowest BCUT2D eigenvalue weighted by molar-refractivity contribution is 0.621. The van der Waals surface area contributed by atoms with E-state index in [0.717, 1.165) is 25.2 Å². The third kappa shape index (κ3) is 2.50. The molecule has 2 rings (SSSR count). The Morgan fingerprint density at radius 2 is 2.38 bits per heavy atom. The molecule has 0 bridgehead atoms. The fourth-order valence-corrected chi connectivity index (χ4v) is 2.34. The van der Waals surface area contributed by atoms with Gasteiger partial charge >= 0.3 is 0 Å². The Morgan fingerprint density at radius 1 is 1.44 bits per heavy atom. The van der Waals surface area contributed by atoms with Gasteiger partial charge in [0.25, 0.3) is 0 Å². The Kier molecular flexibility index (Phi) is 3.73. The molecular weight excluding hydrogens is 218 g/mol. The monoisotopic (exact) mass is 231 g/mol. The molecule has 0 aliphatic rings. The van der Waals surface area contributed by atoms with Gasteiger partial charge in [0, 0.05) is 25.4 Å².